The first-order valence-electron chi connectivity index (χ1n) is 5.45. The van der Waals surface area contributed by atoms with E-state index in [2.05, 4.69) is 5.32 Å². The SMILES string of the molecule is O=C(Cc1cccs1)Nc1ccc(C(=O)O)c(O)c1. The Morgan fingerprint density at radius 1 is 1.26 bits per heavy atom. The Morgan fingerprint density at radius 3 is 2.63 bits per heavy atom. The summed E-state index contributed by atoms with van der Waals surface area (Å²) in [6, 6.07) is 7.62. The van der Waals surface area contributed by atoms with Crippen LogP contribution in [0.4, 0.5) is 5.69 Å². The van der Waals surface area contributed by atoms with Crippen molar-refractivity contribution in [1.82, 2.24) is 0 Å². The summed E-state index contributed by atoms with van der Waals surface area (Å²) >= 11 is 1.48. The van der Waals surface area contributed by atoms with E-state index in [0.29, 0.717) is 5.69 Å². The molecule has 1 heterocycles. The molecule has 6 heteroatoms. The number of thiophene rings is 1. The molecule has 0 aliphatic rings. The highest BCUT2D eigenvalue weighted by atomic mass is 32.1. The van der Waals surface area contributed by atoms with Crippen LogP contribution in [0.15, 0.2) is 35.7 Å². The van der Waals surface area contributed by atoms with Crippen molar-refractivity contribution in [2.24, 2.45) is 0 Å². The first-order chi connectivity index (χ1) is 9.06. The van der Waals surface area contributed by atoms with Gasteiger partial charge in [-0.1, -0.05) is 6.07 Å². The quantitative estimate of drug-likeness (QED) is 0.800. The number of carboxylic acids is 1. The molecule has 98 valence electrons. The van der Waals surface area contributed by atoms with Crippen LogP contribution in [-0.4, -0.2) is 22.1 Å². The topological polar surface area (TPSA) is 86.6 Å². The molecule has 0 fully saturated rings. The van der Waals surface area contributed by atoms with E-state index in [1.807, 2.05) is 17.5 Å². The van der Waals surface area contributed by atoms with Gasteiger partial charge in [0.2, 0.25) is 5.91 Å². The average Bonchev–Trinajstić information content (AvgIpc) is 2.81. The number of hydrogen-bond acceptors (Lipinski definition) is 4. The van der Waals surface area contributed by atoms with Crippen LogP contribution in [-0.2, 0) is 11.2 Å². The second-order valence-corrected chi connectivity index (χ2v) is 4.87. The molecule has 1 aromatic heterocycles. The Morgan fingerprint density at radius 2 is 2.05 bits per heavy atom. The maximum absolute atomic E-state index is 11.7. The fraction of sp³-hybridized carbons (Fsp3) is 0.0769. The van der Waals surface area contributed by atoms with Gasteiger partial charge >= 0.3 is 5.97 Å². The lowest BCUT2D eigenvalue weighted by atomic mass is 10.2. The summed E-state index contributed by atoms with van der Waals surface area (Å²) in [6.45, 7) is 0. The highest BCUT2D eigenvalue weighted by Crippen LogP contribution is 2.22. The summed E-state index contributed by atoms with van der Waals surface area (Å²) in [6.07, 6.45) is 0.249. The number of carbonyl (C=O) groups excluding carboxylic acids is 1. The number of phenols is 1. The number of carbonyl (C=O) groups is 2. The molecule has 0 radical (unpaired) electrons. The van der Waals surface area contributed by atoms with Crippen molar-refractivity contribution in [3.05, 3.63) is 46.2 Å². The molecule has 0 saturated heterocycles. The van der Waals surface area contributed by atoms with Gasteiger partial charge in [-0.25, -0.2) is 4.79 Å². The minimum Gasteiger partial charge on any atom is -0.507 e. The minimum atomic E-state index is -1.21. The lowest BCUT2D eigenvalue weighted by Gasteiger charge is -2.06. The molecule has 0 aliphatic heterocycles. The number of benzene rings is 1. The largest absolute Gasteiger partial charge is 0.507 e. The van der Waals surface area contributed by atoms with E-state index in [1.165, 1.54) is 29.5 Å². The average molecular weight is 277 g/mol. The van der Waals surface area contributed by atoms with E-state index >= 15 is 0 Å². The van der Waals surface area contributed by atoms with Crippen molar-refractivity contribution in [2.75, 3.05) is 5.32 Å². The van der Waals surface area contributed by atoms with Crippen molar-refractivity contribution in [1.29, 1.82) is 0 Å². The fourth-order valence-corrected chi connectivity index (χ4v) is 2.27. The number of nitrogens with one attached hydrogen (secondary N) is 1. The minimum absolute atomic E-state index is 0.198. The van der Waals surface area contributed by atoms with Crippen molar-refractivity contribution >= 4 is 28.9 Å². The van der Waals surface area contributed by atoms with Gasteiger partial charge in [0.25, 0.3) is 0 Å². The van der Waals surface area contributed by atoms with Crippen LogP contribution in [0, 0.1) is 0 Å². The predicted molar refractivity (Wildman–Crippen MR) is 71.7 cm³/mol. The molecule has 2 aromatic rings. The van der Waals surface area contributed by atoms with E-state index in [-0.39, 0.29) is 23.6 Å². The van der Waals surface area contributed by atoms with Gasteiger partial charge in [-0.05, 0) is 23.6 Å². The van der Waals surface area contributed by atoms with Crippen LogP contribution < -0.4 is 5.32 Å². The number of rotatable bonds is 4. The molecule has 5 nitrogen and oxygen atoms in total. The number of hydrogen-bond donors (Lipinski definition) is 3. The Bertz CT molecular complexity index is 607. The lowest BCUT2D eigenvalue weighted by molar-refractivity contribution is -0.115. The molecule has 0 spiro atoms. The highest BCUT2D eigenvalue weighted by molar-refractivity contribution is 7.10. The van der Waals surface area contributed by atoms with Gasteiger partial charge < -0.3 is 15.5 Å². The first-order valence-corrected chi connectivity index (χ1v) is 6.33. The second kappa shape index (κ2) is 5.53. The third kappa shape index (κ3) is 3.32. The van der Waals surface area contributed by atoms with Gasteiger partial charge in [0.15, 0.2) is 0 Å². The van der Waals surface area contributed by atoms with Gasteiger partial charge in [0.05, 0.1) is 6.42 Å². The standard InChI is InChI=1S/C13H11NO4S/c15-11-6-8(3-4-10(11)13(17)18)14-12(16)7-9-2-1-5-19-9/h1-6,15H,7H2,(H,14,16)(H,17,18). The molecule has 0 aliphatic carbocycles. The zero-order valence-electron chi connectivity index (χ0n) is 9.79. The number of aromatic carboxylic acids is 1. The van der Waals surface area contributed by atoms with Gasteiger partial charge in [-0.3, -0.25) is 4.79 Å². The van der Waals surface area contributed by atoms with E-state index < -0.39 is 5.97 Å². The van der Waals surface area contributed by atoms with Gasteiger partial charge in [0, 0.05) is 16.6 Å². The van der Waals surface area contributed by atoms with Crippen LogP contribution in [0.5, 0.6) is 5.75 Å². The molecule has 2 rings (SSSR count). The van der Waals surface area contributed by atoms with E-state index in [0.717, 1.165) is 4.88 Å². The third-order valence-corrected chi connectivity index (χ3v) is 3.30. The number of anilines is 1. The van der Waals surface area contributed by atoms with Crippen LogP contribution >= 0.6 is 11.3 Å². The number of carboxylic acid groups (broad SMARTS) is 1. The summed E-state index contributed by atoms with van der Waals surface area (Å²) in [5.74, 6) is -1.81. The molecular weight excluding hydrogens is 266 g/mol. The molecule has 0 bridgehead atoms. The predicted octanol–water partition coefficient (Wildman–Crippen LogP) is 2.33. The highest BCUT2D eigenvalue weighted by Gasteiger charge is 2.11. The zero-order chi connectivity index (χ0) is 13.8. The summed E-state index contributed by atoms with van der Waals surface area (Å²) in [7, 11) is 0. The van der Waals surface area contributed by atoms with Crippen LogP contribution in [0.25, 0.3) is 0 Å². The first kappa shape index (κ1) is 13.1. The Kier molecular flexibility index (Phi) is 3.82. The van der Waals surface area contributed by atoms with Gasteiger partial charge in [-0.2, -0.15) is 0 Å². The monoisotopic (exact) mass is 277 g/mol. The smallest absolute Gasteiger partial charge is 0.339 e. The van der Waals surface area contributed by atoms with E-state index in [4.69, 9.17) is 5.11 Å². The summed E-state index contributed by atoms with van der Waals surface area (Å²) in [5.41, 5.74) is 0.167. The van der Waals surface area contributed by atoms with Crippen LogP contribution in [0.3, 0.4) is 0 Å². The molecule has 0 saturated carbocycles. The van der Waals surface area contributed by atoms with Crippen molar-refractivity contribution in [3.8, 4) is 5.75 Å². The van der Waals surface area contributed by atoms with E-state index in [9.17, 15) is 14.7 Å². The molecule has 0 atom stereocenters. The van der Waals surface area contributed by atoms with Crippen LogP contribution in [0.1, 0.15) is 15.2 Å². The molecule has 0 unspecified atom stereocenters. The summed E-state index contributed by atoms with van der Waals surface area (Å²) in [4.78, 5) is 23.4. The summed E-state index contributed by atoms with van der Waals surface area (Å²) < 4.78 is 0. The van der Waals surface area contributed by atoms with Gasteiger partial charge in [0.1, 0.15) is 11.3 Å². The maximum Gasteiger partial charge on any atom is 0.339 e. The molecule has 1 aromatic carbocycles. The summed E-state index contributed by atoms with van der Waals surface area (Å²) in [5, 5.41) is 22.8. The fourth-order valence-electron chi connectivity index (χ4n) is 1.57. The van der Waals surface area contributed by atoms with Crippen LogP contribution in [0.2, 0.25) is 0 Å². The van der Waals surface area contributed by atoms with E-state index in [1.54, 1.807) is 0 Å². The normalized spacial score (nSPS) is 10.1. The second-order valence-electron chi connectivity index (χ2n) is 3.84. The number of amides is 1. The van der Waals surface area contributed by atoms with Crippen molar-refractivity contribution < 1.29 is 19.8 Å². The third-order valence-electron chi connectivity index (χ3n) is 2.43. The molecule has 1 amide bonds. The zero-order valence-corrected chi connectivity index (χ0v) is 10.6. The van der Waals surface area contributed by atoms with Gasteiger partial charge in [-0.15, -0.1) is 11.3 Å². The Hall–Kier alpha value is -2.34. The van der Waals surface area contributed by atoms with Crippen molar-refractivity contribution in [2.45, 2.75) is 6.42 Å². The maximum atomic E-state index is 11.7. The molecule has 3 N–H and O–H groups in total. The lowest BCUT2D eigenvalue weighted by Crippen LogP contribution is -2.13. The number of aromatic hydroxyl groups is 1. The molecular formula is C13H11NO4S. The van der Waals surface area contributed by atoms with Crippen molar-refractivity contribution in [3.63, 3.8) is 0 Å². The Balaban J connectivity index is 2.05. The Labute approximate surface area is 113 Å². The molecule has 19 heavy (non-hydrogen) atoms.